The zero-order chi connectivity index (χ0) is 18.8. The van der Waals surface area contributed by atoms with Gasteiger partial charge >= 0.3 is 0 Å². The molecule has 1 saturated carbocycles. The van der Waals surface area contributed by atoms with Gasteiger partial charge in [-0.25, -0.2) is 0 Å². The van der Waals surface area contributed by atoms with Gasteiger partial charge in [-0.1, -0.05) is 59.8 Å². The highest BCUT2D eigenvalue weighted by molar-refractivity contribution is 8.00. The quantitative estimate of drug-likeness (QED) is 0.632. The van der Waals surface area contributed by atoms with Gasteiger partial charge in [0, 0.05) is 11.7 Å². The van der Waals surface area contributed by atoms with Crippen LogP contribution in [0.5, 0.6) is 0 Å². The van der Waals surface area contributed by atoms with Gasteiger partial charge in [-0.2, -0.15) is 0 Å². The molecule has 1 aliphatic rings. The van der Waals surface area contributed by atoms with Crippen LogP contribution < -0.4 is 5.32 Å². The van der Waals surface area contributed by atoms with E-state index in [4.69, 9.17) is 0 Å². The van der Waals surface area contributed by atoms with Crippen LogP contribution in [-0.2, 0) is 4.79 Å². The number of aryl methyl sites for hydroxylation is 2. The highest BCUT2D eigenvalue weighted by Crippen LogP contribution is 2.42. The summed E-state index contributed by atoms with van der Waals surface area (Å²) in [5.74, 6) is 0.851. The fourth-order valence-corrected chi connectivity index (χ4v) is 4.19. The molecule has 1 N–H and O–H groups in total. The van der Waals surface area contributed by atoms with Gasteiger partial charge in [0.15, 0.2) is 5.16 Å². The Morgan fingerprint density at radius 1 is 1.07 bits per heavy atom. The Labute approximate surface area is 163 Å². The molecule has 0 unspecified atom stereocenters. The zero-order valence-corrected chi connectivity index (χ0v) is 16.2. The standard InChI is InChI=1S/C21H22N4OS/c1-14-8-10-17(11-9-14)22-20(26)19(16-6-4-3-5-7-16)27-21-24-23-15(2)25(21)18-12-13-18/h3-11,18-19H,12-13H2,1-2H3,(H,22,26)/t19-/m1/s1. The van der Waals surface area contributed by atoms with Crippen molar-refractivity contribution in [1.82, 2.24) is 14.8 Å². The molecule has 1 aliphatic carbocycles. The third-order valence-corrected chi connectivity index (χ3v) is 5.84. The maximum atomic E-state index is 13.1. The monoisotopic (exact) mass is 378 g/mol. The number of carbonyl (C=O) groups is 1. The molecule has 0 aliphatic heterocycles. The average Bonchev–Trinajstić information content (AvgIpc) is 3.45. The molecular weight excluding hydrogens is 356 g/mol. The molecule has 1 heterocycles. The lowest BCUT2D eigenvalue weighted by Crippen LogP contribution is -2.19. The number of anilines is 1. The summed E-state index contributed by atoms with van der Waals surface area (Å²) in [6, 6.07) is 18.2. The third-order valence-electron chi connectivity index (χ3n) is 4.63. The summed E-state index contributed by atoms with van der Waals surface area (Å²) in [5, 5.41) is 12.0. The van der Waals surface area contributed by atoms with Gasteiger partial charge in [-0.3, -0.25) is 4.79 Å². The number of carbonyl (C=O) groups excluding carboxylic acids is 1. The van der Waals surface area contributed by atoms with Gasteiger partial charge in [-0.15, -0.1) is 10.2 Å². The number of aromatic nitrogens is 3. The van der Waals surface area contributed by atoms with Crippen LogP contribution in [0.15, 0.2) is 59.8 Å². The normalized spacial score (nSPS) is 14.7. The summed E-state index contributed by atoms with van der Waals surface area (Å²) in [4.78, 5) is 13.1. The average molecular weight is 379 g/mol. The van der Waals surface area contributed by atoms with E-state index in [1.54, 1.807) is 0 Å². The minimum absolute atomic E-state index is 0.0574. The van der Waals surface area contributed by atoms with Crippen molar-refractivity contribution >= 4 is 23.4 Å². The lowest BCUT2D eigenvalue weighted by atomic mass is 10.1. The number of benzene rings is 2. The summed E-state index contributed by atoms with van der Waals surface area (Å²) in [6.07, 6.45) is 2.30. The molecule has 5 nitrogen and oxygen atoms in total. The van der Waals surface area contributed by atoms with Crippen molar-refractivity contribution in [3.8, 4) is 0 Å². The van der Waals surface area contributed by atoms with E-state index in [2.05, 4.69) is 20.1 Å². The van der Waals surface area contributed by atoms with Crippen molar-refractivity contribution < 1.29 is 4.79 Å². The van der Waals surface area contributed by atoms with E-state index < -0.39 is 5.25 Å². The first kappa shape index (κ1) is 17.8. The molecule has 0 bridgehead atoms. The maximum Gasteiger partial charge on any atom is 0.242 e. The Morgan fingerprint density at radius 2 is 1.78 bits per heavy atom. The van der Waals surface area contributed by atoms with E-state index >= 15 is 0 Å². The van der Waals surface area contributed by atoms with E-state index in [1.165, 1.54) is 11.8 Å². The highest BCUT2D eigenvalue weighted by Gasteiger charge is 2.31. The van der Waals surface area contributed by atoms with Crippen LogP contribution in [0.4, 0.5) is 5.69 Å². The van der Waals surface area contributed by atoms with Gasteiger partial charge in [0.2, 0.25) is 5.91 Å². The first-order chi connectivity index (χ1) is 13.1. The SMILES string of the molecule is Cc1ccc(NC(=O)[C@H](Sc2nnc(C)n2C2CC2)c2ccccc2)cc1. The molecule has 1 fully saturated rings. The largest absolute Gasteiger partial charge is 0.325 e. The number of rotatable bonds is 6. The Bertz CT molecular complexity index is 933. The zero-order valence-electron chi connectivity index (χ0n) is 15.4. The van der Waals surface area contributed by atoms with Crippen molar-refractivity contribution in [3.63, 3.8) is 0 Å². The Hall–Kier alpha value is -2.60. The van der Waals surface area contributed by atoms with Crippen molar-refractivity contribution in [2.75, 3.05) is 5.32 Å². The molecule has 138 valence electrons. The number of hydrogen-bond acceptors (Lipinski definition) is 4. The topological polar surface area (TPSA) is 59.8 Å². The molecule has 1 amide bonds. The fourth-order valence-electron chi connectivity index (χ4n) is 3.03. The van der Waals surface area contributed by atoms with Gasteiger partial charge in [0.25, 0.3) is 0 Å². The second-order valence-electron chi connectivity index (χ2n) is 6.89. The first-order valence-electron chi connectivity index (χ1n) is 9.12. The summed E-state index contributed by atoms with van der Waals surface area (Å²) in [6.45, 7) is 4.00. The molecule has 1 atom stereocenters. The second-order valence-corrected chi connectivity index (χ2v) is 7.97. The molecule has 0 saturated heterocycles. The molecular formula is C21H22N4OS. The van der Waals surface area contributed by atoms with Gasteiger partial charge < -0.3 is 9.88 Å². The molecule has 3 aromatic rings. The van der Waals surface area contributed by atoms with Gasteiger partial charge in [-0.05, 0) is 44.4 Å². The lowest BCUT2D eigenvalue weighted by Gasteiger charge is -2.17. The Balaban J connectivity index is 1.61. The van der Waals surface area contributed by atoms with E-state index in [1.807, 2.05) is 68.4 Å². The summed E-state index contributed by atoms with van der Waals surface area (Å²) in [5.41, 5.74) is 2.91. The van der Waals surface area contributed by atoms with Crippen molar-refractivity contribution in [2.45, 2.75) is 43.1 Å². The van der Waals surface area contributed by atoms with Crippen LogP contribution in [0.1, 0.15) is 41.1 Å². The first-order valence-corrected chi connectivity index (χ1v) is 10.0. The number of thioether (sulfide) groups is 1. The molecule has 0 spiro atoms. The van der Waals surface area contributed by atoms with Crippen molar-refractivity contribution in [3.05, 3.63) is 71.5 Å². The van der Waals surface area contributed by atoms with Crippen molar-refractivity contribution in [2.24, 2.45) is 0 Å². The molecule has 27 heavy (non-hydrogen) atoms. The molecule has 1 aromatic heterocycles. The minimum atomic E-state index is -0.395. The summed E-state index contributed by atoms with van der Waals surface area (Å²) in [7, 11) is 0. The number of nitrogens with one attached hydrogen (secondary N) is 1. The molecule has 2 aromatic carbocycles. The summed E-state index contributed by atoms with van der Waals surface area (Å²) >= 11 is 1.47. The van der Waals surface area contributed by atoms with Gasteiger partial charge in [0.1, 0.15) is 11.1 Å². The smallest absolute Gasteiger partial charge is 0.242 e. The molecule has 0 radical (unpaired) electrons. The van der Waals surface area contributed by atoms with Crippen LogP contribution in [0.2, 0.25) is 0 Å². The predicted molar refractivity (Wildman–Crippen MR) is 108 cm³/mol. The molecule has 4 rings (SSSR count). The third kappa shape index (κ3) is 4.06. The number of nitrogens with zero attached hydrogens (tertiary/aromatic N) is 3. The molecule has 6 heteroatoms. The fraction of sp³-hybridized carbons (Fsp3) is 0.286. The van der Waals surface area contributed by atoms with E-state index in [9.17, 15) is 4.79 Å². The number of amides is 1. The second kappa shape index (κ2) is 7.56. The predicted octanol–water partition coefficient (Wildman–Crippen LogP) is 4.70. The van der Waals surface area contributed by atoms with E-state index in [0.29, 0.717) is 6.04 Å². The van der Waals surface area contributed by atoms with E-state index in [-0.39, 0.29) is 5.91 Å². The van der Waals surface area contributed by atoms with Crippen LogP contribution >= 0.6 is 11.8 Å². The van der Waals surface area contributed by atoms with Crippen LogP contribution in [0.3, 0.4) is 0 Å². The minimum Gasteiger partial charge on any atom is -0.325 e. The Morgan fingerprint density at radius 3 is 2.44 bits per heavy atom. The highest BCUT2D eigenvalue weighted by atomic mass is 32.2. The Kier molecular flexibility index (Phi) is 4.99. The lowest BCUT2D eigenvalue weighted by molar-refractivity contribution is -0.115. The van der Waals surface area contributed by atoms with E-state index in [0.717, 1.165) is 40.6 Å². The summed E-state index contributed by atoms with van der Waals surface area (Å²) < 4.78 is 2.17. The van der Waals surface area contributed by atoms with Crippen molar-refractivity contribution in [1.29, 1.82) is 0 Å². The number of hydrogen-bond donors (Lipinski definition) is 1. The van der Waals surface area contributed by atoms with Gasteiger partial charge in [0.05, 0.1) is 0 Å². The van der Waals surface area contributed by atoms with Crippen LogP contribution in [0.25, 0.3) is 0 Å². The maximum absolute atomic E-state index is 13.1. The van der Waals surface area contributed by atoms with Crippen LogP contribution in [0, 0.1) is 13.8 Å². The van der Waals surface area contributed by atoms with Crippen LogP contribution in [-0.4, -0.2) is 20.7 Å².